The van der Waals surface area contributed by atoms with Gasteiger partial charge in [0.25, 0.3) is 0 Å². The molecule has 0 bridgehead atoms. The van der Waals surface area contributed by atoms with Crippen molar-refractivity contribution < 1.29 is 4.52 Å². The molecule has 1 aromatic heterocycles. The maximum atomic E-state index is 6.29. The first-order valence-electron chi connectivity index (χ1n) is 6.38. The monoisotopic (exact) mass is 221 g/mol. The molecule has 4 heteroatoms. The van der Waals surface area contributed by atoms with Crippen molar-refractivity contribution in [2.75, 3.05) is 0 Å². The molecule has 2 saturated carbocycles. The Morgan fingerprint density at radius 2 is 2.00 bits per heavy atom. The number of rotatable bonds is 3. The summed E-state index contributed by atoms with van der Waals surface area (Å²) in [6.45, 7) is 0. The number of hydrogen-bond donors (Lipinski definition) is 1. The molecule has 1 heterocycles. The Hall–Kier alpha value is -0.900. The van der Waals surface area contributed by atoms with Gasteiger partial charge in [0.2, 0.25) is 5.89 Å². The largest absolute Gasteiger partial charge is 0.339 e. The average molecular weight is 221 g/mol. The lowest BCUT2D eigenvalue weighted by Crippen LogP contribution is -2.34. The van der Waals surface area contributed by atoms with E-state index < -0.39 is 0 Å². The van der Waals surface area contributed by atoms with Gasteiger partial charge in [-0.3, -0.25) is 0 Å². The Balaban J connectivity index is 1.71. The van der Waals surface area contributed by atoms with Gasteiger partial charge in [-0.15, -0.1) is 0 Å². The van der Waals surface area contributed by atoms with E-state index in [-0.39, 0.29) is 5.54 Å². The van der Waals surface area contributed by atoms with E-state index in [9.17, 15) is 0 Å². The molecule has 0 atom stereocenters. The molecule has 0 unspecified atom stereocenters. The second-order valence-electron chi connectivity index (χ2n) is 5.38. The van der Waals surface area contributed by atoms with Crippen molar-refractivity contribution in [2.24, 2.45) is 11.7 Å². The average Bonchev–Trinajstić information content (AvgIpc) is 2.81. The maximum Gasteiger partial charge on any atom is 0.226 e. The normalized spacial score (nSPS) is 24.6. The van der Waals surface area contributed by atoms with Crippen LogP contribution in [0, 0.1) is 5.92 Å². The van der Waals surface area contributed by atoms with Crippen molar-refractivity contribution in [3.8, 4) is 0 Å². The van der Waals surface area contributed by atoms with Crippen LogP contribution >= 0.6 is 0 Å². The molecule has 0 radical (unpaired) electrons. The van der Waals surface area contributed by atoms with Crippen molar-refractivity contribution in [3.05, 3.63) is 11.7 Å². The van der Waals surface area contributed by atoms with E-state index >= 15 is 0 Å². The van der Waals surface area contributed by atoms with Crippen LogP contribution in [0.4, 0.5) is 0 Å². The standard InChI is InChI=1S/C12H19N3O/c13-12(6-1-2-7-12)11-14-10(16-15-11)8-9-4-3-5-9/h9H,1-8,13H2. The highest BCUT2D eigenvalue weighted by Crippen LogP contribution is 2.35. The third-order valence-electron chi connectivity index (χ3n) is 4.10. The molecular weight excluding hydrogens is 202 g/mol. The van der Waals surface area contributed by atoms with Crippen molar-refractivity contribution in [1.82, 2.24) is 10.1 Å². The molecule has 2 N–H and O–H groups in total. The van der Waals surface area contributed by atoms with E-state index in [1.165, 1.54) is 32.1 Å². The summed E-state index contributed by atoms with van der Waals surface area (Å²) < 4.78 is 5.31. The van der Waals surface area contributed by atoms with Gasteiger partial charge in [-0.25, -0.2) is 0 Å². The zero-order valence-corrected chi connectivity index (χ0v) is 9.61. The van der Waals surface area contributed by atoms with Crippen molar-refractivity contribution in [1.29, 1.82) is 0 Å². The summed E-state index contributed by atoms with van der Waals surface area (Å²) >= 11 is 0. The number of nitrogens with zero attached hydrogens (tertiary/aromatic N) is 2. The molecule has 0 aromatic carbocycles. The Bertz CT molecular complexity index is 364. The molecule has 1 aromatic rings. The lowest BCUT2D eigenvalue weighted by atomic mass is 9.83. The molecule has 0 saturated heterocycles. The van der Waals surface area contributed by atoms with Crippen LogP contribution in [0.3, 0.4) is 0 Å². The van der Waals surface area contributed by atoms with Crippen molar-refractivity contribution >= 4 is 0 Å². The van der Waals surface area contributed by atoms with E-state index in [0.29, 0.717) is 0 Å². The third-order valence-corrected chi connectivity index (χ3v) is 4.10. The highest BCUT2D eigenvalue weighted by molar-refractivity contribution is 5.06. The summed E-state index contributed by atoms with van der Waals surface area (Å²) in [6, 6.07) is 0. The van der Waals surface area contributed by atoms with Gasteiger partial charge < -0.3 is 10.3 Å². The number of nitrogens with two attached hydrogens (primary N) is 1. The molecular formula is C12H19N3O. The summed E-state index contributed by atoms with van der Waals surface area (Å²) in [7, 11) is 0. The lowest BCUT2D eigenvalue weighted by Gasteiger charge is -2.23. The van der Waals surface area contributed by atoms with E-state index in [0.717, 1.165) is 36.9 Å². The van der Waals surface area contributed by atoms with Crippen molar-refractivity contribution in [2.45, 2.75) is 56.9 Å². The highest BCUT2D eigenvalue weighted by Gasteiger charge is 2.36. The molecule has 16 heavy (non-hydrogen) atoms. The van der Waals surface area contributed by atoms with E-state index in [1.54, 1.807) is 0 Å². The van der Waals surface area contributed by atoms with Crippen LogP contribution in [0.15, 0.2) is 4.52 Å². The Kier molecular flexibility index (Phi) is 2.46. The van der Waals surface area contributed by atoms with E-state index in [4.69, 9.17) is 10.3 Å². The fourth-order valence-electron chi connectivity index (χ4n) is 2.71. The maximum absolute atomic E-state index is 6.29. The van der Waals surface area contributed by atoms with Crippen LogP contribution in [0.25, 0.3) is 0 Å². The van der Waals surface area contributed by atoms with Crippen LogP contribution in [0.2, 0.25) is 0 Å². The van der Waals surface area contributed by atoms with Crippen molar-refractivity contribution in [3.63, 3.8) is 0 Å². The van der Waals surface area contributed by atoms with Crippen LogP contribution in [0.1, 0.15) is 56.7 Å². The number of aromatic nitrogens is 2. The SMILES string of the molecule is NC1(c2noc(CC3CCC3)n2)CCCC1. The van der Waals surface area contributed by atoms with E-state index in [1.807, 2.05) is 0 Å². The second kappa shape index (κ2) is 3.84. The molecule has 2 aliphatic rings. The van der Waals surface area contributed by atoms with Gasteiger partial charge in [0.05, 0.1) is 5.54 Å². The predicted octanol–water partition coefficient (Wildman–Crippen LogP) is 2.14. The van der Waals surface area contributed by atoms with Crippen LogP contribution in [-0.4, -0.2) is 10.1 Å². The van der Waals surface area contributed by atoms with Gasteiger partial charge >= 0.3 is 0 Å². The van der Waals surface area contributed by atoms with Crippen LogP contribution in [-0.2, 0) is 12.0 Å². The summed E-state index contributed by atoms with van der Waals surface area (Å²) in [4.78, 5) is 4.48. The minimum absolute atomic E-state index is 0.304. The number of hydrogen-bond acceptors (Lipinski definition) is 4. The molecule has 0 amide bonds. The molecule has 88 valence electrons. The zero-order valence-electron chi connectivity index (χ0n) is 9.61. The minimum atomic E-state index is -0.304. The fourth-order valence-corrected chi connectivity index (χ4v) is 2.71. The Morgan fingerprint density at radius 3 is 2.62 bits per heavy atom. The Labute approximate surface area is 95.6 Å². The molecule has 3 rings (SSSR count). The first-order valence-corrected chi connectivity index (χ1v) is 6.38. The lowest BCUT2D eigenvalue weighted by molar-refractivity contribution is 0.271. The summed E-state index contributed by atoms with van der Waals surface area (Å²) in [5.41, 5.74) is 5.98. The fraction of sp³-hybridized carbons (Fsp3) is 0.833. The van der Waals surface area contributed by atoms with Gasteiger partial charge in [0, 0.05) is 6.42 Å². The third kappa shape index (κ3) is 1.75. The first-order chi connectivity index (χ1) is 7.76. The molecule has 2 aliphatic carbocycles. The topological polar surface area (TPSA) is 64.9 Å². The van der Waals surface area contributed by atoms with Gasteiger partial charge in [-0.05, 0) is 31.6 Å². The van der Waals surface area contributed by atoms with E-state index in [2.05, 4.69) is 10.1 Å². The molecule has 0 spiro atoms. The molecule has 4 nitrogen and oxygen atoms in total. The Morgan fingerprint density at radius 1 is 1.25 bits per heavy atom. The smallest absolute Gasteiger partial charge is 0.226 e. The van der Waals surface area contributed by atoms with Gasteiger partial charge in [0.1, 0.15) is 0 Å². The van der Waals surface area contributed by atoms with Gasteiger partial charge in [-0.2, -0.15) is 4.98 Å². The van der Waals surface area contributed by atoms with Gasteiger partial charge in [0.15, 0.2) is 5.82 Å². The molecule has 0 aliphatic heterocycles. The quantitative estimate of drug-likeness (QED) is 0.849. The first kappa shape index (κ1) is 10.3. The summed E-state index contributed by atoms with van der Waals surface area (Å²) in [5.74, 6) is 2.29. The highest BCUT2D eigenvalue weighted by atomic mass is 16.5. The minimum Gasteiger partial charge on any atom is -0.339 e. The zero-order chi connectivity index (χ0) is 11.0. The second-order valence-corrected chi connectivity index (χ2v) is 5.38. The predicted molar refractivity (Wildman–Crippen MR) is 59.7 cm³/mol. The summed E-state index contributed by atoms with van der Waals surface area (Å²) in [6.07, 6.45) is 9.28. The summed E-state index contributed by atoms with van der Waals surface area (Å²) in [5, 5.41) is 4.07. The van der Waals surface area contributed by atoms with Crippen LogP contribution in [0.5, 0.6) is 0 Å². The van der Waals surface area contributed by atoms with Crippen LogP contribution < -0.4 is 5.73 Å². The molecule has 2 fully saturated rings. The van der Waals surface area contributed by atoms with Gasteiger partial charge in [-0.1, -0.05) is 24.4 Å².